The first-order valence-electron chi connectivity index (χ1n) is 6.18. The molecule has 19 heavy (non-hydrogen) atoms. The molecule has 1 aromatic rings. The van der Waals surface area contributed by atoms with E-state index in [-0.39, 0.29) is 11.9 Å². The van der Waals surface area contributed by atoms with Gasteiger partial charge in [0, 0.05) is 18.2 Å². The molecule has 0 aliphatic rings. The van der Waals surface area contributed by atoms with Gasteiger partial charge in [-0.05, 0) is 13.3 Å². The van der Waals surface area contributed by atoms with Gasteiger partial charge in [-0.25, -0.2) is 0 Å². The summed E-state index contributed by atoms with van der Waals surface area (Å²) in [5.41, 5.74) is 0.431. The van der Waals surface area contributed by atoms with Crippen LogP contribution in [0.3, 0.4) is 0 Å². The fourth-order valence-electron chi connectivity index (χ4n) is 1.61. The van der Waals surface area contributed by atoms with Crippen molar-refractivity contribution in [3.63, 3.8) is 0 Å². The number of hydrogen-bond donors (Lipinski definition) is 1. The van der Waals surface area contributed by atoms with Gasteiger partial charge in [0.15, 0.2) is 11.5 Å². The molecule has 0 aliphatic carbocycles. The predicted molar refractivity (Wildman–Crippen MR) is 73.3 cm³/mol. The van der Waals surface area contributed by atoms with Crippen LogP contribution in [0.15, 0.2) is 12.1 Å². The number of methoxy groups -OCH3 is 3. The minimum atomic E-state index is -0.188. The first-order chi connectivity index (χ1) is 9.07. The van der Waals surface area contributed by atoms with E-state index in [2.05, 4.69) is 5.32 Å². The predicted octanol–water partition coefficient (Wildman–Crippen LogP) is 2.24. The minimum Gasteiger partial charge on any atom is -0.496 e. The summed E-state index contributed by atoms with van der Waals surface area (Å²) in [6, 6.07) is 3.37. The normalized spacial score (nSPS) is 11.6. The SMILES string of the molecule is CC[C@@H](C)NC(=O)c1cc(OC)c(OC)cc1OC. The molecule has 0 aliphatic heterocycles. The van der Waals surface area contributed by atoms with Crippen molar-refractivity contribution in [2.45, 2.75) is 26.3 Å². The van der Waals surface area contributed by atoms with Crippen LogP contribution in [0.2, 0.25) is 0 Å². The van der Waals surface area contributed by atoms with Gasteiger partial charge in [-0.3, -0.25) is 4.79 Å². The number of hydrogen-bond acceptors (Lipinski definition) is 4. The molecule has 0 fully saturated rings. The third-order valence-corrected chi connectivity index (χ3v) is 2.94. The molecule has 1 aromatic carbocycles. The number of rotatable bonds is 6. The highest BCUT2D eigenvalue weighted by Gasteiger charge is 2.18. The Kier molecular flexibility index (Phi) is 5.48. The van der Waals surface area contributed by atoms with Crippen molar-refractivity contribution in [2.75, 3.05) is 21.3 Å². The molecule has 5 heteroatoms. The van der Waals surface area contributed by atoms with Crippen LogP contribution in [0.5, 0.6) is 17.2 Å². The van der Waals surface area contributed by atoms with Crippen molar-refractivity contribution in [1.29, 1.82) is 0 Å². The Morgan fingerprint density at radius 2 is 1.63 bits per heavy atom. The standard InChI is InChI=1S/C14H21NO4/c1-6-9(2)15-14(16)10-7-12(18-4)13(19-5)8-11(10)17-3/h7-9H,6H2,1-5H3,(H,15,16)/t9-/m1/s1. The highest BCUT2D eigenvalue weighted by molar-refractivity contribution is 5.98. The molecule has 0 aromatic heterocycles. The van der Waals surface area contributed by atoms with E-state index >= 15 is 0 Å². The maximum Gasteiger partial charge on any atom is 0.255 e. The molecule has 1 rings (SSSR count). The Morgan fingerprint density at radius 1 is 1.11 bits per heavy atom. The molecular weight excluding hydrogens is 246 g/mol. The largest absolute Gasteiger partial charge is 0.496 e. The molecule has 1 atom stereocenters. The Morgan fingerprint density at radius 3 is 2.11 bits per heavy atom. The van der Waals surface area contributed by atoms with Gasteiger partial charge >= 0.3 is 0 Å². The van der Waals surface area contributed by atoms with Crippen molar-refractivity contribution in [2.24, 2.45) is 0 Å². The fraction of sp³-hybridized carbons (Fsp3) is 0.500. The van der Waals surface area contributed by atoms with Crippen LogP contribution in [-0.2, 0) is 0 Å². The summed E-state index contributed by atoms with van der Waals surface area (Å²) in [6.45, 7) is 3.96. The van der Waals surface area contributed by atoms with Gasteiger partial charge in [0.25, 0.3) is 5.91 Å². The third-order valence-electron chi connectivity index (χ3n) is 2.94. The third kappa shape index (κ3) is 3.53. The van der Waals surface area contributed by atoms with Crippen molar-refractivity contribution in [3.05, 3.63) is 17.7 Å². The van der Waals surface area contributed by atoms with Crippen molar-refractivity contribution in [1.82, 2.24) is 5.32 Å². The molecular formula is C14H21NO4. The lowest BCUT2D eigenvalue weighted by atomic mass is 10.1. The summed E-state index contributed by atoms with van der Waals surface area (Å²) in [5, 5.41) is 2.89. The number of benzene rings is 1. The second-order valence-corrected chi connectivity index (χ2v) is 4.19. The van der Waals surface area contributed by atoms with Gasteiger partial charge in [-0.2, -0.15) is 0 Å². The van der Waals surface area contributed by atoms with E-state index in [1.807, 2.05) is 13.8 Å². The summed E-state index contributed by atoms with van der Waals surface area (Å²) >= 11 is 0. The van der Waals surface area contributed by atoms with E-state index in [1.54, 1.807) is 12.1 Å². The summed E-state index contributed by atoms with van der Waals surface area (Å²) in [4.78, 5) is 12.2. The number of ether oxygens (including phenoxy) is 3. The van der Waals surface area contributed by atoms with Gasteiger partial charge in [-0.1, -0.05) is 6.92 Å². The van der Waals surface area contributed by atoms with Gasteiger partial charge in [0.05, 0.1) is 26.9 Å². The first kappa shape index (κ1) is 15.1. The zero-order valence-corrected chi connectivity index (χ0v) is 12.1. The lowest BCUT2D eigenvalue weighted by Gasteiger charge is -2.16. The second-order valence-electron chi connectivity index (χ2n) is 4.19. The number of carbonyl (C=O) groups excluding carboxylic acids is 1. The highest BCUT2D eigenvalue weighted by atomic mass is 16.5. The van der Waals surface area contributed by atoms with E-state index in [0.717, 1.165) is 6.42 Å². The van der Waals surface area contributed by atoms with Gasteiger partial charge in [0.1, 0.15) is 5.75 Å². The van der Waals surface area contributed by atoms with E-state index < -0.39 is 0 Å². The lowest BCUT2D eigenvalue weighted by molar-refractivity contribution is 0.0935. The smallest absolute Gasteiger partial charge is 0.255 e. The molecule has 0 unspecified atom stereocenters. The molecule has 0 radical (unpaired) electrons. The molecule has 0 bridgehead atoms. The first-order valence-corrected chi connectivity index (χ1v) is 6.18. The van der Waals surface area contributed by atoms with Crippen molar-refractivity contribution < 1.29 is 19.0 Å². The summed E-state index contributed by atoms with van der Waals surface area (Å²) < 4.78 is 15.6. The van der Waals surface area contributed by atoms with Crippen LogP contribution in [-0.4, -0.2) is 33.3 Å². The average molecular weight is 267 g/mol. The van der Waals surface area contributed by atoms with Gasteiger partial charge < -0.3 is 19.5 Å². The molecule has 0 spiro atoms. The molecule has 5 nitrogen and oxygen atoms in total. The molecule has 0 heterocycles. The van der Waals surface area contributed by atoms with Crippen LogP contribution in [0.4, 0.5) is 0 Å². The van der Waals surface area contributed by atoms with Crippen LogP contribution in [0.25, 0.3) is 0 Å². The average Bonchev–Trinajstić information content (AvgIpc) is 2.45. The quantitative estimate of drug-likeness (QED) is 0.858. The summed E-state index contributed by atoms with van der Waals surface area (Å²) in [5.74, 6) is 1.29. The fourth-order valence-corrected chi connectivity index (χ4v) is 1.61. The molecule has 0 saturated heterocycles. The number of amides is 1. The Bertz CT molecular complexity index is 445. The maximum absolute atomic E-state index is 12.2. The van der Waals surface area contributed by atoms with Crippen molar-refractivity contribution >= 4 is 5.91 Å². The van der Waals surface area contributed by atoms with E-state index in [9.17, 15) is 4.79 Å². The maximum atomic E-state index is 12.2. The molecule has 0 saturated carbocycles. The van der Waals surface area contributed by atoms with Crippen LogP contribution in [0.1, 0.15) is 30.6 Å². The van der Waals surface area contributed by atoms with Crippen molar-refractivity contribution in [3.8, 4) is 17.2 Å². The summed E-state index contributed by atoms with van der Waals surface area (Å²) in [6.07, 6.45) is 0.862. The second kappa shape index (κ2) is 6.87. The van der Waals surface area contributed by atoms with Crippen LogP contribution < -0.4 is 19.5 Å². The van der Waals surface area contributed by atoms with Crippen LogP contribution >= 0.6 is 0 Å². The molecule has 1 amide bonds. The summed E-state index contributed by atoms with van der Waals surface area (Å²) in [7, 11) is 4.58. The number of carbonyl (C=O) groups is 1. The highest BCUT2D eigenvalue weighted by Crippen LogP contribution is 2.34. The Labute approximate surface area is 113 Å². The lowest BCUT2D eigenvalue weighted by Crippen LogP contribution is -2.32. The monoisotopic (exact) mass is 267 g/mol. The molecule has 1 N–H and O–H groups in total. The number of nitrogens with one attached hydrogen (secondary N) is 1. The van der Waals surface area contributed by atoms with Crippen LogP contribution in [0, 0.1) is 0 Å². The van der Waals surface area contributed by atoms with E-state index in [0.29, 0.717) is 22.8 Å². The zero-order valence-electron chi connectivity index (χ0n) is 12.1. The zero-order chi connectivity index (χ0) is 14.4. The minimum absolute atomic E-state index is 0.102. The van der Waals surface area contributed by atoms with E-state index in [4.69, 9.17) is 14.2 Å². The topological polar surface area (TPSA) is 56.8 Å². The molecule has 106 valence electrons. The van der Waals surface area contributed by atoms with Gasteiger partial charge in [-0.15, -0.1) is 0 Å². The van der Waals surface area contributed by atoms with Gasteiger partial charge in [0.2, 0.25) is 0 Å². The van der Waals surface area contributed by atoms with E-state index in [1.165, 1.54) is 21.3 Å². The Hall–Kier alpha value is -1.91. The Balaban J connectivity index is 3.14.